The summed E-state index contributed by atoms with van der Waals surface area (Å²) in [7, 11) is 1.80. The SMILES string of the molecule is CN(C(=O)OC(C)(C)C)C1CCN(c2nnc(Nc3ccc(Cl)cc3)c3ccccc23)C1. The minimum Gasteiger partial charge on any atom is -0.444 e. The van der Waals surface area contributed by atoms with Crippen molar-refractivity contribution in [2.24, 2.45) is 0 Å². The van der Waals surface area contributed by atoms with Crippen LogP contribution in [0.4, 0.5) is 22.1 Å². The van der Waals surface area contributed by atoms with Gasteiger partial charge in [-0.3, -0.25) is 0 Å². The number of halogens is 1. The van der Waals surface area contributed by atoms with Crippen LogP contribution >= 0.6 is 11.6 Å². The van der Waals surface area contributed by atoms with Crippen LogP contribution < -0.4 is 10.2 Å². The molecule has 7 nitrogen and oxygen atoms in total. The van der Waals surface area contributed by atoms with Crippen molar-refractivity contribution in [3.63, 3.8) is 0 Å². The molecule has 1 aliphatic heterocycles. The summed E-state index contributed by atoms with van der Waals surface area (Å²) in [6.45, 7) is 7.10. The number of anilines is 3. The molecule has 0 bridgehead atoms. The molecule has 8 heteroatoms. The summed E-state index contributed by atoms with van der Waals surface area (Å²) in [6.07, 6.45) is 0.541. The number of hydrogen-bond donors (Lipinski definition) is 1. The number of benzene rings is 2. The van der Waals surface area contributed by atoms with Crippen LogP contribution in [0, 0.1) is 0 Å². The van der Waals surface area contributed by atoms with Crippen LogP contribution in [-0.4, -0.2) is 53.0 Å². The normalized spacial score (nSPS) is 16.3. The highest BCUT2D eigenvalue weighted by atomic mass is 35.5. The Morgan fingerprint density at radius 2 is 1.81 bits per heavy atom. The zero-order valence-electron chi connectivity index (χ0n) is 18.8. The van der Waals surface area contributed by atoms with Gasteiger partial charge < -0.3 is 19.9 Å². The van der Waals surface area contributed by atoms with Crippen LogP contribution in [0.3, 0.4) is 0 Å². The zero-order valence-corrected chi connectivity index (χ0v) is 19.6. The predicted molar refractivity (Wildman–Crippen MR) is 129 cm³/mol. The Labute approximate surface area is 193 Å². The number of carbonyl (C=O) groups excluding carboxylic acids is 1. The number of fused-ring (bicyclic) bond motifs is 1. The van der Waals surface area contributed by atoms with E-state index in [1.165, 1.54) is 0 Å². The number of ether oxygens (including phenoxy) is 1. The maximum Gasteiger partial charge on any atom is 0.410 e. The largest absolute Gasteiger partial charge is 0.444 e. The van der Waals surface area contributed by atoms with E-state index in [1.807, 2.05) is 63.2 Å². The van der Waals surface area contributed by atoms with Gasteiger partial charge in [-0.25, -0.2) is 4.79 Å². The van der Waals surface area contributed by atoms with E-state index in [-0.39, 0.29) is 12.1 Å². The molecule has 0 radical (unpaired) electrons. The minimum absolute atomic E-state index is 0.0530. The number of nitrogens with one attached hydrogen (secondary N) is 1. The van der Waals surface area contributed by atoms with Gasteiger partial charge in [-0.2, -0.15) is 0 Å². The predicted octanol–water partition coefficient (Wildman–Crippen LogP) is 5.47. The van der Waals surface area contributed by atoms with Crippen molar-refractivity contribution in [3.8, 4) is 0 Å². The van der Waals surface area contributed by atoms with E-state index >= 15 is 0 Å². The van der Waals surface area contributed by atoms with Gasteiger partial charge in [-0.05, 0) is 51.5 Å². The second kappa shape index (κ2) is 8.82. The molecule has 0 saturated carbocycles. The molecule has 32 heavy (non-hydrogen) atoms. The average Bonchev–Trinajstić information content (AvgIpc) is 3.23. The van der Waals surface area contributed by atoms with Gasteiger partial charge in [0.1, 0.15) is 5.60 Å². The molecule has 0 aliphatic carbocycles. The summed E-state index contributed by atoms with van der Waals surface area (Å²) in [5, 5.41) is 15.0. The van der Waals surface area contributed by atoms with E-state index in [0.717, 1.165) is 35.2 Å². The summed E-state index contributed by atoms with van der Waals surface area (Å²) in [5.74, 6) is 1.51. The van der Waals surface area contributed by atoms with Gasteiger partial charge >= 0.3 is 6.09 Å². The van der Waals surface area contributed by atoms with E-state index in [4.69, 9.17) is 16.3 Å². The minimum atomic E-state index is -0.516. The second-order valence-corrected chi connectivity index (χ2v) is 9.47. The third kappa shape index (κ3) is 4.88. The molecule has 3 aromatic rings. The second-order valence-electron chi connectivity index (χ2n) is 9.03. The van der Waals surface area contributed by atoms with Crippen molar-refractivity contribution in [2.75, 3.05) is 30.4 Å². The Morgan fingerprint density at radius 3 is 2.50 bits per heavy atom. The summed E-state index contributed by atoms with van der Waals surface area (Å²) in [6, 6.07) is 15.6. The fourth-order valence-electron chi connectivity index (χ4n) is 3.82. The van der Waals surface area contributed by atoms with E-state index < -0.39 is 5.60 Å². The molecule has 1 aliphatic rings. The lowest BCUT2D eigenvalue weighted by Gasteiger charge is -2.28. The molecule has 2 aromatic carbocycles. The Bertz CT molecular complexity index is 1110. The maximum absolute atomic E-state index is 12.5. The topological polar surface area (TPSA) is 70.6 Å². The smallest absolute Gasteiger partial charge is 0.410 e. The van der Waals surface area contributed by atoms with Crippen LogP contribution in [0.25, 0.3) is 10.8 Å². The molecule has 1 saturated heterocycles. The van der Waals surface area contributed by atoms with Crippen molar-refractivity contribution >= 4 is 45.8 Å². The molecule has 1 amide bonds. The van der Waals surface area contributed by atoms with Crippen LogP contribution in [0.5, 0.6) is 0 Å². The first-order valence-corrected chi connectivity index (χ1v) is 11.1. The van der Waals surface area contributed by atoms with E-state index in [0.29, 0.717) is 17.4 Å². The lowest BCUT2D eigenvalue weighted by molar-refractivity contribution is 0.0238. The Morgan fingerprint density at radius 1 is 1.12 bits per heavy atom. The van der Waals surface area contributed by atoms with Gasteiger partial charge in [-0.1, -0.05) is 35.9 Å². The van der Waals surface area contributed by atoms with Crippen molar-refractivity contribution in [2.45, 2.75) is 38.8 Å². The summed E-state index contributed by atoms with van der Waals surface area (Å²) in [4.78, 5) is 16.4. The van der Waals surface area contributed by atoms with E-state index in [2.05, 4.69) is 26.5 Å². The van der Waals surface area contributed by atoms with Crippen molar-refractivity contribution in [1.82, 2.24) is 15.1 Å². The quantitative estimate of drug-likeness (QED) is 0.564. The number of amides is 1. The molecular formula is C24H28ClN5O2. The maximum atomic E-state index is 12.5. The highest BCUT2D eigenvalue weighted by molar-refractivity contribution is 6.30. The van der Waals surface area contributed by atoms with Gasteiger partial charge in [0.2, 0.25) is 0 Å². The summed E-state index contributed by atoms with van der Waals surface area (Å²) in [5.41, 5.74) is 0.375. The number of rotatable bonds is 4. The summed E-state index contributed by atoms with van der Waals surface area (Å²) >= 11 is 5.99. The first-order chi connectivity index (χ1) is 15.2. The third-order valence-electron chi connectivity index (χ3n) is 5.47. The fraction of sp³-hybridized carbons (Fsp3) is 0.375. The Kier molecular flexibility index (Phi) is 6.11. The third-order valence-corrected chi connectivity index (χ3v) is 5.72. The number of hydrogen-bond acceptors (Lipinski definition) is 6. The number of carbonyl (C=O) groups is 1. The molecule has 1 N–H and O–H groups in total. The molecule has 4 rings (SSSR count). The van der Waals surface area contributed by atoms with Gasteiger partial charge in [0.25, 0.3) is 0 Å². The highest BCUT2D eigenvalue weighted by Gasteiger charge is 2.32. The molecule has 1 atom stereocenters. The van der Waals surface area contributed by atoms with E-state index in [1.54, 1.807) is 11.9 Å². The van der Waals surface area contributed by atoms with Crippen molar-refractivity contribution < 1.29 is 9.53 Å². The lowest BCUT2D eigenvalue weighted by atomic mass is 10.1. The van der Waals surface area contributed by atoms with Crippen molar-refractivity contribution in [1.29, 1.82) is 0 Å². The number of nitrogens with zero attached hydrogens (tertiary/aromatic N) is 4. The fourth-order valence-corrected chi connectivity index (χ4v) is 3.94. The van der Waals surface area contributed by atoms with Crippen LogP contribution in [0.2, 0.25) is 5.02 Å². The molecule has 168 valence electrons. The van der Waals surface area contributed by atoms with Gasteiger partial charge in [-0.15, -0.1) is 10.2 Å². The average molecular weight is 454 g/mol. The molecular weight excluding hydrogens is 426 g/mol. The first kappa shape index (κ1) is 22.1. The Balaban J connectivity index is 1.55. The molecule has 1 unspecified atom stereocenters. The standard InChI is InChI=1S/C24H28ClN5O2/c1-24(2,3)32-23(31)29(4)18-13-14-30(15-18)22-20-8-6-5-7-19(20)21(27-28-22)26-17-11-9-16(25)10-12-17/h5-12,18H,13-15H2,1-4H3,(H,26,27). The number of aromatic nitrogens is 2. The van der Waals surface area contributed by atoms with Crippen LogP contribution in [0.15, 0.2) is 48.5 Å². The van der Waals surface area contributed by atoms with Crippen LogP contribution in [0.1, 0.15) is 27.2 Å². The van der Waals surface area contributed by atoms with E-state index in [9.17, 15) is 4.79 Å². The molecule has 1 fully saturated rings. The van der Waals surface area contributed by atoms with Gasteiger partial charge in [0.05, 0.1) is 6.04 Å². The van der Waals surface area contributed by atoms with Gasteiger partial charge in [0, 0.05) is 41.6 Å². The molecule has 0 spiro atoms. The van der Waals surface area contributed by atoms with Crippen molar-refractivity contribution in [3.05, 3.63) is 53.6 Å². The lowest BCUT2D eigenvalue weighted by Crippen LogP contribution is -2.42. The monoisotopic (exact) mass is 453 g/mol. The molecule has 1 aromatic heterocycles. The van der Waals surface area contributed by atoms with Crippen LogP contribution in [-0.2, 0) is 4.74 Å². The van der Waals surface area contributed by atoms with Gasteiger partial charge in [0.15, 0.2) is 11.6 Å². The number of likely N-dealkylation sites (N-methyl/N-ethyl adjacent to an activating group) is 1. The Hall–Kier alpha value is -3.06. The summed E-state index contributed by atoms with van der Waals surface area (Å²) < 4.78 is 5.53. The highest BCUT2D eigenvalue weighted by Crippen LogP contribution is 2.32. The zero-order chi connectivity index (χ0) is 22.9. The first-order valence-electron chi connectivity index (χ1n) is 10.7. The molecule has 2 heterocycles.